The molecule has 4 aromatic rings. The normalized spacial score (nSPS) is 18.5. The molecule has 42 heavy (non-hydrogen) atoms. The summed E-state index contributed by atoms with van der Waals surface area (Å²) in [5, 5.41) is 7.54. The van der Waals surface area contributed by atoms with Crippen molar-refractivity contribution in [3.63, 3.8) is 0 Å². The summed E-state index contributed by atoms with van der Waals surface area (Å²) in [6.07, 6.45) is 1.85. The second-order valence-electron chi connectivity index (χ2n) is 10.8. The summed E-state index contributed by atoms with van der Waals surface area (Å²) >= 11 is 1.35. The van der Waals surface area contributed by atoms with Crippen LogP contribution in [-0.2, 0) is 14.3 Å². The van der Waals surface area contributed by atoms with Gasteiger partial charge in [0.25, 0.3) is 0 Å². The van der Waals surface area contributed by atoms with Gasteiger partial charge in [-0.25, -0.2) is 9.07 Å². The van der Waals surface area contributed by atoms with Gasteiger partial charge in [-0.15, -0.1) is 11.8 Å². The van der Waals surface area contributed by atoms with Crippen molar-refractivity contribution in [1.29, 1.82) is 0 Å². The fourth-order valence-corrected chi connectivity index (χ4v) is 6.92. The number of thioether (sulfide) groups is 1. The van der Waals surface area contributed by atoms with E-state index in [-0.39, 0.29) is 36.0 Å². The van der Waals surface area contributed by atoms with E-state index in [2.05, 4.69) is 11.4 Å². The first-order chi connectivity index (χ1) is 20.4. The Labute approximate surface area is 249 Å². The molecular formula is C33H33FN4O3S. The number of ether oxygens (including phenoxy) is 1. The monoisotopic (exact) mass is 584 g/mol. The van der Waals surface area contributed by atoms with Gasteiger partial charge in [-0.05, 0) is 44.4 Å². The summed E-state index contributed by atoms with van der Waals surface area (Å²) in [6.45, 7) is 4.92. The van der Waals surface area contributed by atoms with Crippen molar-refractivity contribution in [1.82, 2.24) is 15.1 Å². The molecule has 1 N–H and O–H groups in total. The quantitative estimate of drug-likeness (QED) is 0.299. The molecule has 216 valence electrons. The first-order valence-electron chi connectivity index (χ1n) is 14.2. The van der Waals surface area contributed by atoms with E-state index in [1.807, 2.05) is 56.3 Å². The Balaban J connectivity index is 1.55. The first kappa shape index (κ1) is 28.2. The molecule has 0 radical (unpaired) electrons. The van der Waals surface area contributed by atoms with E-state index in [1.165, 1.54) is 22.7 Å². The van der Waals surface area contributed by atoms with Crippen LogP contribution in [0.4, 0.5) is 10.2 Å². The van der Waals surface area contributed by atoms with Crippen LogP contribution in [0.3, 0.4) is 0 Å². The molecule has 2 amide bonds. The van der Waals surface area contributed by atoms with E-state index in [0.717, 1.165) is 35.2 Å². The second kappa shape index (κ2) is 12.1. The van der Waals surface area contributed by atoms with Crippen LogP contribution in [0.25, 0.3) is 16.9 Å². The number of carbonyl (C=O) groups is 2. The minimum atomic E-state index is -0.528. The molecule has 1 fully saturated rings. The maximum absolute atomic E-state index is 15.4. The zero-order valence-electron chi connectivity index (χ0n) is 23.7. The van der Waals surface area contributed by atoms with Crippen LogP contribution in [-0.4, -0.2) is 53.1 Å². The molecule has 3 heterocycles. The SMILES string of the molecule is Cc1ccc(-n2nc(-c3ccccc3)c3c2N(CC(=O)NC[C@@H]2CCCO2)C(=O)CS[C@H]3c2ccccc2F)c(C)c1. The van der Waals surface area contributed by atoms with Crippen LogP contribution >= 0.6 is 11.8 Å². The smallest absolute Gasteiger partial charge is 0.240 e. The van der Waals surface area contributed by atoms with E-state index < -0.39 is 5.25 Å². The van der Waals surface area contributed by atoms with Gasteiger partial charge < -0.3 is 10.1 Å². The lowest BCUT2D eigenvalue weighted by Gasteiger charge is -2.24. The molecule has 2 aliphatic rings. The number of fused-ring (bicyclic) bond motifs is 1. The number of amides is 2. The Morgan fingerprint density at radius 2 is 1.88 bits per heavy atom. The number of carbonyl (C=O) groups excluding carboxylic acids is 2. The van der Waals surface area contributed by atoms with Crippen molar-refractivity contribution in [2.45, 2.75) is 38.0 Å². The number of nitrogens with one attached hydrogen (secondary N) is 1. The Morgan fingerprint density at radius 3 is 2.62 bits per heavy atom. The number of aryl methyl sites for hydroxylation is 2. The lowest BCUT2D eigenvalue weighted by molar-refractivity contribution is -0.123. The van der Waals surface area contributed by atoms with Gasteiger partial charge in [0.1, 0.15) is 18.2 Å². The summed E-state index contributed by atoms with van der Waals surface area (Å²) < 4.78 is 22.8. The van der Waals surface area contributed by atoms with Crippen molar-refractivity contribution < 1.29 is 18.7 Å². The average molecular weight is 585 g/mol. The van der Waals surface area contributed by atoms with E-state index in [0.29, 0.717) is 35.8 Å². The zero-order valence-corrected chi connectivity index (χ0v) is 24.5. The molecule has 0 spiro atoms. The van der Waals surface area contributed by atoms with Gasteiger partial charge in [-0.1, -0.05) is 66.2 Å². The highest BCUT2D eigenvalue weighted by Crippen LogP contribution is 2.49. The van der Waals surface area contributed by atoms with Crippen LogP contribution in [0.2, 0.25) is 0 Å². The number of hydrogen-bond acceptors (Lipinski definition) is 5. The number of benzene rings is 3. The third kappa shape index (κ3) is 5.58. The van der Waals surface area contributed by atoms with Crippen LogP contribution in [0.1, 0.15) is 40.3 Å². The molecule has 3 aromatic carbocycles. The highest BCUT2D eigenvalue weighted by molar-refractivity contribution is 8.00. The third-order valence-electron chi connectivity index (χ3n) is 7.76. The minimum absolute atomic E-state index is 0.0178. The topological polar surface area (TPSA) is 76.5 Å². The van der Waals surface area contributed by atoms with Gasteiger partial charge in [-0.3, -0.25) is 14.5 Å². The van der Waals surface area contributed by atoms with Crippen LogP contribution in [0, 0.1) is 19.7 Å². The molecule has 1 saturated heterocycles. The number of nitrogens with zero attached hydrogens (tertiary/aromatic N) is 3. The van der Waals surface area contributed by atoms with Crippen molar-refractivity contribution in [2.75, 3.05) is 30.3 Å². The standard InChI is InChI=1S/C33H33FN4O3S/c1-21-14-15-27(22(2)17-21)38-33-30(31(36-38)23-9-4-3-5-10-23)32(25-12-6-7-13-26(25)34)42-20-29(40)37(33)19-28(39)35-18-24-11-8-16-41-24/h3-7,9-10,12-15,17,24,32H,8,11,16,18-20H2,1-2H3,(H,35,39)/t24-,32-/m0/s1. The Bertz CT molecular complexity index is 1620. The van der Waals surface area contributed by atoms with Gasteiger partial charge >= 0.3 is 0 Å². The molecule has 0 bridgehead atoms. The first-order valence-corrected chi connectivity index (χ1v) is 15.3. The highest BCUT2D eigenvalue weighted by Gasteiger charge is 2.38. The molecule has 0 aliphatic carbocycles. The summed E-state index contributed by atoms with van der Waals surface area (Å²) in [7, 11) is 0. The van der Waals surface area contributed by atoms with Gasteiger partial charge in [0.05, 0.1) is 28.5 Å². The second-order valence-corrected chi connectivity index (χ2v) is 11.9. The summed E-state index contributed by atoms with van der Waals surface area (Å²) in [5.41, 5.74) is 5.51. The number of anilines is 1. The lowest BCUT2D eigenvalue weighted by atomic mass is 9.99. The number of aromatic nitrogens is 2. The Morgan fingerprint density at radius 1 is 1.10 bits per heavy atom. The largest absolute Gasteiger partial charge is 0.376 e. The van der Waals surface area contributed by atoms with Gasteiger partial charge in [0.15, 0.2) is 0 Å². The van der Waals surface area contributed by atoms with Gasteiger partial charge in [-0.2, -0.15) is 5.10 Å². The van der Waals surface area contributed by atoms with Crippen molar-refractivity contribution in [2.24, 2.45) is 0 Å². The van der Waals surface area contributed by atoms with Gasteiger partial charge in [0.2, 0.25) is 11.8 Å². The molecule has 9 heteroatoms. The molecule has 1 aromatic heterocycles. The predicted octanol–water partition coefficient (Wildman–Crippen LogP) is 5.76. The van der Waals surface area contributed by atoms with Crippen molar-refractivity contribution in [3.05, 3.63) is 101 Å². The van der Waals surface area contributed by atoms with Crippen molar-refractivity contribution >= 4 is 29.4 Å². The Hall–Kier alpha value is -3.95. The fraction of sp³-hybridized carbons (Fsp3) is 0.303. The molecule has 7 nitrogen and oxygen atoms in total. The molecular weight excluding hydrogens is 551 g/mol. The summed E-state index contributed by atoms with van der Waals surface area (Å²) in [5.74, 6) is -0.314. The van der Waals surface area contributed by atoms with Crippen LogP contribution < -0.4 is 10.2 Å². The van der Waals surface area contributed by atoms with E-state index in [1.54, 1.807) is 22.9 Å². The van der Waals surface area contributed by atoms with E-state index >= 15 is 4.39 Å². The number of halogens is 1. The van der Waals surface area contributed by atoms with E-state index in [4.69, 9.17) is 9.84 Å². The average Bonchev–Trinajstić information content (AvgIpc) is 3.62. The maximum atomic E-state index is 15.4. The fourth-order valence-electron chi connectivity index (χ4n) is 5.71. The number of rotatable bonds is 7. The molecule has 0 unspecified atom stereocenters. The summed E-state index contributed by atoms with van der Waals surface area (Å²) in [6, 6.07) is 22.4. The third-order valence-corrected chi connectivity index (χ3v) is 8.99. The van der Waals surface area contributed by atoms with Crippen molar-refractivity contribution in [3.8, 4) is 16.9 Å². The van der Waals surface area contributed by atoms with Crippen LogP contribution in [0.15, 0.2) is 72.8 Å². The van der Waals surface area contributed by atoms with E-state index in [9.17, 15) is 9.59 Å². The Kier molecular flexibility index (Phi) is 8.13. The zero-order chi connectivity index (χ0) is 29.2. The molecule has 0 saturated carbocycles. The maximum Gasteiger partial charge on any atom is 0.240 e. The van der Waals surface area contributed by atoms with Gasteiger partial charge in [0, 0.05) is 29.8 Å². The number of hydrogen-bond donors (Lipinski definition) is 1. The molecule has 2 atom stereocenters. The summed E-state index contributed by atoms with van der Waals surface area (Å²) in [4.78, 5) is 28.7. The lowest BCUT2D eigenvalue weighted by Crippen LogP contribution is -2.44. The highest BCUT2D eigenvalue weighted by atomic mass is 32.2. The minimum Gasteiger partial charge on any atom is -0.376 e. The molecule has 6 rings (SSSR count). The van der Waals surface area contributed by atoms with Crippen LogP contribution in [0.5, 0.6) is 0 Å². The predicted molar refractivity (Wildman–Crippen MR) is 164 cm³/mol. The molecule has 2 aliphatic heterocycles.